The molecule has 1 aromatic heterocycles. The largest absolute Gasteiger partial charge is 0.497 e. The molecule has 2 rings (SSSR count). The number of rotatable bonds is 2. The van der Waals surface area contributed by atoms with Crippen molar-refractivity contribution in [2.24, 2.45) is 0 Å². The molecule has 0 spiro atoms. The molecule has 1 aromatic carbocycles. The van der Waals surface area contributed by atoms with Gasteiger partial charge in [0.2, 0.25) is 0 Å². The van der Waals surface area contributed by atoms with Gasteiger partial charge in [-0.2, -0.15) is 0 Å². The minimum Gasteiger partial charge on any atom is -0.497 e. The number of benzene rings is 1. The predicted molar refractivity (Wildman–Crippen MR) is 62.2 cm³/mol. The lowest BCUT2D eigenvalue weighted by Crippen LogP contribution is -1.80. The minimum atomic E-state index is 0.841. The summed E-state index contributed by atoms with van der Waals surface area (Å²) in [5.41, 5.74) is 0. The topological polar surface area (TPSA) is 18.5 Å². The Hall–Kier alpha value is -0.870. The summed E-state index contributed by atoms with van der Waals surface area (Å²) in [6.45, 7) is 0. The lowest BCUT2D eigenvalue weighted by Gasteiger charge is -1.98. The van der Waals surface area contributed by atoms with Crippen LogP contribution in [0.25, 0.3) is 10.1 Å². The van der Waals surface area contributed by atoms with Gasteiger partial charge in [0.05, 0.1) is 19.1 Å². The zero-order chi connectivity index (χ0) is 10.1. The molecule has 0 N–H and O–H groups in total. The molecular formula is C10H10O2S2. The van der Waals surface area contributed by atoms with Crippen LogP contribution in [0.15, 0.2) is 23.1 Å². The van der Waals surface area contributed by atoms with E-state index in [2.05, 4.69) is 12.6 Å². The van der Waals surface area contributed by atoms with E-state index in [1.807, 2.05) is 18.2 Å². The van der Waals surface area contributed by atoms with Crippen molar-refractivity contribution >= 4 is 34.1 Å². The molecule has 0 saturated carbocycles. The molecular weight excluding hydrogens is 216 g/mol. The van der Waals surface area contributed by atoms with Crippen LogP contribution in [0, 0.1) is 0 Å². The van der Waals surface area contributed by atoms with Crippen LogP contribution in [0.3, 0.4) is 0 Å². The summed E-state index contributed by atoms with van der Waals surface area (Å²) >= 11 is 6.00. The van der Waals surface area contributed by atoms with Crippen molar-refractivity contribution in [2.75, 3.05) is 14.2 Å². The third kappa shape index (κ3) is 1.44. The molecule has 14 heavy (non-hydrogen) atoms. The zero-order valence-electron chi connectivity index (χ0n) is 7.90. The fourth-order valence-electron chi connectivity index (χ4n) is 1.31. The van der Waals surface area contributed by atoms with Crippen molar-refractivity contribution in [1.29, 1.82) is 0 Å². The van der Waals surface area contributed by atoms with Crippen LogP contribution in [0.2, 0.25) is 0 Å². The number of thiophene rings is 1. The minimum absolute atomic E-state index is 0.841. The molecule has 0 aliphatic rings. The van der Waals surface area contributed by atoms with E-state index in [1.54, 1.807) is 25.6 Å². The number of methoxy groups -OCH3 is 2. The Bertz CT molecular complexity index is 462. The van der Waals surface area contributed by atoms with Crippen LogP contribution in [0.5, 0.6) is 10.8 Å². The highest BCUT2D eigenvalue weighted by Gasteiger charge is 2.09. The van der Waals surface area contributed by atoms with E-state index in [0.29, 0.717) is 0 Å². The Morgan fingerprint density at radius 3 is 2.64 bits per heavy atom. The van der Waals surface area contributed by atoms with Crippen molar-refractivity contribution in [1.82, 2.24) is 0 Å². The Kier molecular flexibility index (Phi) is 2.56. The predicted octanol–water partition coefficient (Wildman–Crippen LogP) is 3.21. The van der Waals surface area contributed by atoms with Crippen LogP contribution in [0.1, 0.15) is 0 Å². The normalized spacial score (nSPS) is 10.5. The highest BCUT2D eigenvalue weighted by Crippen LogP contribution is 2.41. The zero-order valence-corrected chi connectivity index (χ0v) is 9.61. The maximum Gasteiger partial charge on any atom is 0.188 e. The number of thiol groups is 1. The van der Waals surface area contributed by atoms with Gasteiger partial charge < -0.3 is 9.47 Å². The highest BCUT2D eigenvalue weighted by molar-refractivity contribution is 7.81. The number of fused-ring (bicyclic) bond motifs is 1. The molecule has 0 saturated heterocycles. The van der Waals surface area contributed by atoms with E-state index >= 15 is 0 Å². The summed E-state index contributed by atoms with van der Waals surface area (Å²) in [4.78, 5) is 0.881. The molecule has 0 fully saturated rings. The van der Waals surface area contributed by atoms with Gasteiger partial charge in [-0.1, -0.05) is 11.3 Å². The smallest absolute Gasteiger partial charge is 0.188 e. The summed E-state index contributed by atoms with van der Waals surface area (Å²) in [7, 11) is 3.31. The second kappa shape index (κ2) is 3.71. The first-order valence-electron chi connectivity index (χ1n) is 4.09. The maximum absolute atomic E-state index is 5.20. The lowest BCUT2D eigenvalue weighted by atomic mass is 10.2. The third-order valence-electron chi connectivity index (χ3n) is 2.02. The van der Waals surface area contributed by atoms with Gasteiger partial charge in [0.15, 0.2) is 5.06 Å². The van der Waals surface area contributed by atoms with E-state index < -0.39 is 0 Å². The van der Waals surface area contributed by atoms with Gasteiger partial charge >= 0.3 is 0 Å². The number of ether oxygens (including phenoxy) is 2. The highest BCUT2D eigenvalue weighted by atomic mass is 32.1. The molecule has 2 aromatic rings. The molecule has 0 unspecified atom stereocenters. The Morgan fingerprint density at radius 1 is 1.21 bits per heavy atom. The van der Waals surface area contributed by atoms with Crippen LogP contribution >= 0.6 is 24.0 Å². The van der Waals surface area contributed by atoms with E-state index in [9.17, 15) is 0 Å². The van der Waals surface area contributed by atoms with E-state index in [0.717, 1.165) is 25.8 Å². The fraction of sp³-hybridized carbons (Fsp3) is 0.200. The molecule has 0 aliphatic carbocycles. The first-order chi connectivity index (χ1) is 6.76. The summed E-state index contributed by atoms with van der Waals surface area (Å²) in [5, 5.41) is 1.92. The van der Waals surface area contributed by atoms with Crippen molar-refractivity contribution < 1.29 is 9.47 Å². The number of hydrogen-bond donors (Lipinski definition) is 1. The maximum atomic E-state index is 5.20. The van der Waals surface area contributed by atoms with Crippen molar-refractivity contribution in [3.63, 3.8) is 0 Å². The van der Waals surface area contributed by atoms with Crippen molar-refractivity contribution in [3.05, 3.63) is 18.2 Å². The molecule has 1 heterocycles. The van der Waals surface area contributed by atoms with Crippen molar-refractivity contribution in [3.8, 4) is 10.8 Å². The quantitative estimate of drug-likeness (QED) is 0.793. The average molecular weight is 226 g/mol. The molecule has 0 bridgehead atoms. The molecule has 0 aliphatic heterocycles. The van der Waals surface area contributed by atoms with Crippen LogP contribution < -0.4 is 9.47 Å². The Labute approximate surface area is 91.9 Å². The average Bonchev–Trinajstić information content (AvgIpc) is 2.55. The van der Waals surface area contributed by atoms with Gasteiger partial charge in [-0.25, -0.2) is 0 Å². The summed E-state index contributed by atoms with van der Waals surface area (Å²) in [6, 6.07) is 5.92. The summed E-state index contributed by atoms with van der Waals surface area (Å²) < 4.78 is 11.5. The Morgan fingerprint density at radius 2 is 2.00 bits per heavy atom. The van der Waals surface area contributed by atoms with Gasteiger partial charge in [0, 0.05) is 10.1 Å². The molecule has 0 radical (unpaired) electrons. The van der Waals surface area contributed by atoms with E-state index in [1.165, 1.54) is 0 Å². The second-order valence-corrected chi connectivity index (χ2v) is 4.27. The standard InChI is InChI=1S/C10H10O2S2/c1-11-6-3-4-8-7(5-6)9(13)10(12-2)14-8/h3-5,13H,1-2H3. The first-order valence-corrected chi connectivity index (χ1v) is 5.36. The number of hydrogen-bond acceptors (Lipinski definition) is 4. The van der Waals surface area contributed by atoms with Crippen LogP contribution in [0.4, 0.5) is 0 Å². The molecule has 0 amide bonds. The molecule has 2 nitrogen and oxygen atoms in total. The van der Waals surface area contributed by atoms with Crippen molar-refractivity contribution in [2.45, 2.75) is 4.90 Å². The molecule has 74 valence electrons. The summed E-state index contributed by atoms with van der Waals surface area (Å²) in [5.74, 6) is 0.841. The Balaban J connectivity index is 2.68. The summed E-state index contributed by atoms with van der Waals surface area (Å²) in [6.07, 6.45) is 0. The first kappa shape index (κ1) is 9.68. The lowest BCUT2D eigenvalue weighted by molar-refractivity contribution is 0.415. The van der Waals surface area contributed by atoms with E-state index in [4.69, 9.17) is 9.47 Å². The second-order valence-electron chi connectivity index (χ2n) is 2.80. The van der Waals surface area contributed by atoms with Gasteiger partial charge in [0.25, 0.3) is 0 Å². The molecule has 0 atom stereocenters. The van der Waals surface area contributed by atoms with Gasteiger partial charge in [-0.05, 0) is 18.2 Å². The van der Waals surface area contributed by atoms with E-state index in [-0.39, 0.29) is 0 Å². The van der Waals surface area contributed by atoms with Gasteiger partial charge in [0.1, 0.15) is 5.75 Å². The van der Waals surface area contributed by atoms with Crippen LogP contribution in [-0.2, 0) is 0 Å². The molecule has 4 heteroatoms. The van der Waals surface area contributed by atoms with Gasteiger partial charge in [-0.15, -0.1) is 12.6 Å². The fourth-order valence-corrected chi connectivity index (χ4v) is 2.69. The SMILES string of the molecule is COc1ccc2sc(OC)c(S)c2c1. The third-order valence-corrected chi connectivity index (χ3v) is 3.75. The van der Waals surface area contributed by atoms with Crippen LogP contribution in [-0.4, -0.2) is 14.2 Å². The monoisotopic (exact) mass is 226 g/mol. The van der Waals surface area contributed by atoms with Gasteiger partial charge in [-0.3, -0.25) is 0 Å².